The normalized spacial score (nSPS) is 15.6. The van der Waals surface area contributed by atoms with E-state index in [0.717, 1.165) is 6.42 Å². The van der Waals surface area contributed by atoms with Crippen molar-refractivity contribution in [2.24, 2.45) is 0 Å². The number of aromatic amines is 1. The van der Waals surface area contributed by atoms with Gasteiger partial charge in [-0.05, 0) is 38.0 Å². The highest BCUT2D eigenvalue weighted by Crippen LogP contribution is 2.38. The summed E-state index contributed by atoms with van der Waals surface area (Å²) in [5.41, 5.74) is 1.09. The number of fused-ring (bicyclic) bond motifs is 2. The molecule has 9 nitrogen and oxygen atoms in total. The van der Waals surface area contributed by atoms with Gasteiger partial charge in [0.05, 0.1) is 17.1 Å². The van der Waals surface area contributed by atoms with Crippen LogP contribution in [-0.2, 0) is 0 Å². The van der Waals surface area contributed by atoms with Gasteiger partial charge in [-0.2, -0.15) is 18.6 Å². The van der Waals surface area contributed by atoms with Crippen molar-refractivity contribution < 1.29 is 9.18 Å². The molecule has 35 heavy (non-hydrogen) atoms. The van der Waals surface area contributed by atoms with Crippen molar-refractivity contribution in [3.8, 4) is 5.69 Å². The minimum absolute atomic E-state index is 0. The summed E-state index contributed by atoms with van der Waals surface area (Å²) in [4.78, 5) is 39.7. The van der Waals surface area contributed by atoms with Crippen LogP contribution in [0.25, 0.3) is 22.2 Å². The lowest BCUT2D eigenvalue weighted by Crippen LogP contribution is -2.33. The first-order chi connectivity index (χ1) is 16.5. The summed E-state index contributed by atoms with van der Waals surface area (Å²) in [6.07, 6.45) is 6.09. The maximum Gasteiger partial charge on any atom is 0.285 e. The molecule has 6 rings (SSSR count). The number of anilines is 1. The molecular formula is C24H22FN7O2S. The Kier molecular flexibility index (Phi) is 5.64. The van der Waals surface area contributed by atoms with Gasteiger partial charge in [-0.3, -0.25) is 14.2 Å². The number of hydrogen-bond donors (Lipinski definition) is 1. The van der Waals surface area contributed by atoms with E-state index in [1.54, 1.807) is 18.3 Å². The van der Waals surface area contributed by atoms with Crippen molar-refractivity contribution in [3.63, 3.8) is 0 Å². The second-order valence-corrected chi connectivity index (χ2v) is 8.32. The molecule has 1 N–H and O–H groups in total. The van der Waals surface area contributed by atoms with Crippen molar-refractivity contribution in [1.29, 1.82) is 0 Å². The molecule has 0 amide bonds. The molecule has 0 radical (unpaired) electrons. The lowest BCUT2D eigenvalue weighted by atomic mass is 10.1. The molecule has 1 fully saturated rings. The zero-order chi connectivity index (χ0) is 23.4. The largest absolute Gasteiger partial charge is 0.346 e. The van der Waals surface area contributed by atoms with E-state index in [1.807, 2.05) is 18.2 Å². The minimum atomic E-state index is -0.618. The first-order valence-corrected chi connectivity index (χ1v) is 11.0. The Morgan fingerprint density at radius 3 is 2.74 bits per heavy atom. The predicted octanol–water partition coefficient (Wildman–Crippen LogP) is 3.55. The summed E-state index contributed by atoms with van der Waals surface area (Å²) in [6, 6.07) is 10.0. The van der Waals surface area contributed by atoms with Gasteiger partial charge >= 0.3 is 0 Å². The van der Waals surface area contributed by atoms with Crippen LogP contribution in [0.5, 0.6) is 0 Å². The Morgan fingerprint density at radius 1 is 1.17 bits per heavy atom. The van der Waals surface area contributed by atoms with Crippen LogP contribution in [0.3, 0.4) is 0 Å². The van der Waals surface area contributed by atoms with Gasteiger partial charge in [-0.15, -0.1) is 0 Å². The smallest absolute Gasteiger partial charge is 0.285 e. The van der Waals surface area contributed by atoms with Crippen LogP contribution in [0, 0.1) is 5.82 Å². The lowest BCUT2D eigenvalue weighted by Gasteiger charge is -2.27. The molecular weight excluding hydrogens is 469 g/mol. The van der Waals surface area contributed by atoms with E-state index in [-0.39, 0.29) is 30.8 Å². The molecule has 5 aromatic rings. The Hall–Kier alpha value is -3.99. The molecule has 178 valence electrons. The van der Waals surface area contributed by atoms with Crippen molar-refractivity contribution in [2.75, 3.05) is 11.4 Å². The van der Waals surface area contributed by atoms with Crippen LogP contribution < -0.4 is 10.5 Å². The van der Waals surface area contributed by atoms with Crippen LogP contribution in [0.2, 0.25) is 0 Å². The number of halogens is 1. The Balaban J connectivity index is 0.00000253. The molecule has 0 bridgehead atoms. The summed E-state index contributed by atoms with van der Waals surface area (Å²) in [5.74, 6) is 0.365. The van der Waals surface area contributed by atoms with Crippen LogP contribution in [0.4, 0.5) is 10.2 Å². The summed E-state index contributed by atoms with van der Waals surface area (Å²) in [7, 11) is 0. The maximum atomic E-state index is 14.5. The fraction of sp³-hybridized carbons (Fsp3) is 0.208. The summed E-state index contributed by atoms with van der Waals surface area (Å²) >= 11 is 0. The molecule has 0 saturated carbocycles. The highest BCUT2D eigenvalue weighted by molar-refractivity contribution is 7.59. The molecule has 0 spiro atoms. The van der Waals surface area contributed by atoms with E-state index >= 15 is 0 Å². The molecule has 1 saturated heterocycles. The van der Waals surface area contributed by atoms with E-state index < -0.39 is 11.4 Å². The van der Waals surface area contributed by atoms with Crippen molar-refractivity contribution in [1.82, 2.24) is 29.1 Å². The highest BCUT2D eigenvalue weighted by Gasteiger charge is 2.34. The summed E-state index contributed by atoms with van der Waals surface area (Å²) in [5, 5.41) is 5.34. The van der Waals surface area contributed by atoms with Crippen LogP contribution in [0.1, 0.15) is 42.0 Å². The number of ketones is 1. The molecule has 11 heteroatoms. The third-order valence-electron chi connectivity index (χ3n) is 6.33. The summed E-state index contributed by atoms with van der Waals surface area (Å²) in [6.45, 7) is 2.16. The predicted molar refractivity (Wildman–Crippen MR) is 134 cm³/mol. The molecule has 1 aliphatic heterocycles. The fourth-order valence-corrected chi connectivity index (χ4v) is 4.82. The number of aromatic nitrogens is 6. The van der Waals surface area contributed by atoms with Crippen LogP contribution >= 0.6 is 13.5 Å². The van der Waals surface area contributed by atoms with Gasteiger partial charge in [0, 0.05) is 24.5 Å². The zero-order valence-electron chi connectivity index (χ0n) is 18.8. The van der Waals surface area contributed by atoms with Crippen molar-refractivity contribution in [2.45, 2.75) is 25.8 Å². The SMILES string of the molecule is CC(=O)c1c[nH]c2ncnc(N3CCC[C@H]3c3nn4ccc(F)c4c(=O)n3-c3ccccc3)c12.S. The second-order valence-electron chi connectivity index (χ2n) is 8.32. The number of rotatable bonds is 4. The van der Waals surface area contributed by atoms with Crippen molar-refractivity contribution >= 4 is 41.6 Å². The number of carbonyl (C=O) groups is 1. The molecule has 0 unspecified atom stereocenters. The molecule has 4 aromatic heterocycles. The number of carbonyl (C=O) groups excluding carboxylic acids is 1. The average Bonchev–Trinajstić information content (AvgIpc) is 3.57. The van der Waals surface area contributed by atoms with Crippen LogP contribution in [0.15, 0.2) is 59.9 Å². The maximum absolute atomic E-state index is 14.5. The molecule has 1 aliphatic rings. The standard InChI is InChI=1S/C24H20FN7O2.H2S/c1-14(33)16-12-26-21-19(16)23(28-13-27-21)30-10-5-8-18(30)22-29-31-11-9-17(25)20(31)24(34)32(22)15-6-3-2-4-7-15;/h2-4,6-7,9,11-13,18H,5,8,10H2,1H3,(H,26,27,28);1H2/t18-;/m0./s1. The first kappa shape index (κ1) is 22.8. The van der Waals surface area contributed by atoms with E-state index in [2.05, 4.69) is 19.9 Å². The Morgan fingerprint density at radius 2 is 1.97 bits per heavy atom. The van der Waals surface area contributed by atoms with E-state index in [1.165, 1.54) is 34.6 Å². The number of nitrogens with zero attached hydrogens (tertiary/aromatic N) is 6. The lowest BCUT2D eigenvalue weighted by molar-refractivity contribution is 0.101. The topological polar surface area (TPSA) is 101 Å². The van der Waals surface area contributed by atoms with Gasteiger partial charge < -0.3 is 9.88 Å². The van der Waals surface area contributed by atoms with E-state index in [4.69, 9.17) is 5.10 Å². The highest BCUT2D eigenvalue weighted by atomic mass is 32.1. The summed E-state index contributed by atoms with van der Waals surface area (Å²) < 4.78 is 17.3. The van der Waals surface area contributed by atoms with Gasteiger partial charge in [0.25, 0.3) is 5.56 Å². The minimum Gasteiger partial charge on any atom is -0.346 e. The van der Waals surface area contributed by atoms with Gasteiger partial charge in [-0.1, -0.05) is 18.2 Å². The number of nitrogens with one attached hydrogen (secondary N) is 1. The second kappa shape index (κ2) is 8.66. The number of benzene rings is 1. The number of hydrogen-bond acceptors (Lipinski definition) is 6. The first-order valence-electron chi connectivity index (χ1n) is 11.0. The van der Waals surface area contributed by atoms with E-state index in [0.29, 0.717) is 46.9 Å². The zero-order valence-corrected chi connectivity index (χ0v) is 19.8. The van der Waals surface area contributed by atoms with Crippen LogP contribution in [-0.4, -0.2) is 41.5 Å². The average molecular weight is 492 g/mol. The third kappa shape index (κ3) is 3.50. The quantitative estimate of drug-likeness (QED) is 0.386. The van der Waals surface area contributed by atoms with Crippen molar-refractivity contribution in [3.05, 3.63) is 82.7 Å². The van der Waals surface area contributed by atoms with Gasteiger partial charge in [0.1, 0.15) is 17.8 Å². The van der Waals surface area contributed by atoms with E-state index in [9.17, 15) is 14.0 Å². The van der Waals surface area contributed by atoms with Gasteiger partial charge in [0.15, 0.2) is 22.9 Å². The Bertz CT molecular complexity index is 1630. The van der Waals surface area contributed by atoms with Gasteiger partial charge in [0.2, 0.25) is 0 Å². The molecule has 1 atom stereocenters. The van der Waals surface area contributed by atoms with Gasteiger partial charge in [-0.25, -0.2) is 18.9 Å². The Labute approximate surface area is 205 Å². The number of H-pyrrole nitrogens is 1. The monoisotopic (exact) mass is 491 g/mol. The number of Topliss-reactive ketones (excluding diaryl/α,β-unsaturated/α-hetero) is 1. The fourth-order valence-electron chi connectivity index (χ4n) is 4.82. The molecule has 5 heterocycles. The number of para-hydroxylation sites is 1. The third-order valence-corrected chi connectivity index (χ3v) is 6.33. The molecule has 1 aromatic carbocycles. The molecule has 0 aliphatic carbocycles.